The predicted molar refractivity (Wildman–Crippen MR) is 71.0 cm³/mol. The maximum atomic E-state index is 13.5. The SMILES string of the molecule is Nc1cncc(Cl)c1Nc1cc(Br)ccc1F. The Morgan fingerprint density at radius 2 is 2.12 bits per heavy atom. The van der Waals surface area contributed by atoms with E-state index in [1.54, 1.807) is 12.1 Å². The monoisotopic (exact) mass is 315 g/mol. The maximum absolute atomic E-state index is 13.5. The summed E-state index contributed by atoms with van der Waals surface area (Å²) < 4.78 is 14.3. The Bertz CT molecular complexity index is 542. The lowest BCUT2D eigenvalue weighted by atomic mass is 10.2. The van der Waals surface area contributed by atoms with Gasteiger partial charge < -0.3 is 11.1 Å². The first-order chi connectivity index (χ1) is 8.08. The van der Waals surface area contributed by atoms with Crippen molar-refractivity contribution < 1.29 is 4.39 Å². The van der Waals surface area contributed by atoms with Gasteiger partial charge in [-0.05, 0) is 18.2 Å². The van der Waals surface area contributed by atoms with E-state index in [2.05, 4.69) is 26.2 Å². The maximum Gasteiger partial charge on any atom is 0.146 e. The van der Waals surface area contributed by atoms with Crippen molar-refractivity contribution in [3.05, 3.63) is 45.9 Å². The van der Waals surface area contributed by atoms with Crippen LogP contribution in [0.2, 0.25) is 5.02 Å². The van der Waals surface area contributed by atoms with E-state index in [0.717, 1.165) is 4.47 Å². The van der Waals surface area contributed by atoms with E-state index in [9.17, 15) is 4.39 Å². The second-order valence-electron chi connectivity index (χ2n) is 3.33. The zero-order chi connectivity index (χ0) is 12.4. The average Bonchev–Trinajstić information content (AvgIpc) is 2.28. The molecule has 0 saturated carbocycles. The molecule has 3 nitrogen and oxygen atoms in total. The number of benzene rings is 1. The molecule has 2 aromatic rings. The minimum Gasteiger partial charge on any atom is -0.396 e. The smallest absolute Gasteiger partial charge is 0.146 e. The summed E-state index contributed by atoms with van der Waals surface area (Å²) in [4.78, 5) is 3.83. The van der Waals surface area contributed by atoms with Crippen LogP contribution in [-0.2, 0) is 0 Å². The van der Waals surface area contributed by atoms with Crippen LogP contribution in [0.5, 0.6) is 0 Å². The van der Waals surface area contributed by atoms with Crippen molar-refractivity contribution in [1.82, 2.24) is 4.98 Å². The van der Waals surface area contributed by atoms with E-state index in [-0.39, 0.29) is 5.82 Å². The highest BCUT2D eigenvalue weighted by atomic mass is 79.9. The second-order valence-corrected chi connectivity index (χ2v) is 4.66. The van der Waals surface area contributed by atoms with Crippen LogP contribution in [0.25, 0.3) is 0 Å². The third kappa shape index (κ3) is 2.68. The van der Waals surface area contributed by atoms with Gasteiger partial charge in [0, 0.05) is 10.7 Å². The molecule has 0 saturated heterocycles. The third-order valence-corrected chi connectivity index (χ3v) is 2.90. The molecular formula is C11H8BrClFN3. The van der Waals surface area contributed by atoms with Crippen LogP contribution >= 0.6 is 27.5 Å². The molecule has 1 aromatic carbocycles. The van der Waals surface area contributed by atoms with Crippen molar-refractivity contribution in [2.75, 3.05) is 11.1 Å². The molecule has 3 N–H and O–H groups in total. The van der Waals surface area contributed by atoms with Crippen molar-refractivity contribution in [3.8, 4) is 0 Å². The largest absolute Gasteiger partial charge is 0.396 e. The Labute approximate surface area is 111 Å². The van der Waals surface area contributed by atoms with Crippen LogP contribution in [-0.4, -0.2) is 4.98 Å². The number of pyridine rings is 1. The van der Waals surface area contributed by atoms with Crippen LogP contribution in [0.15, 0.2) is 35.1 Å². The number of rotatable bonds is 2. The van der Waals surface area contributed by atoms with Gasteiger partial charge in [-0.15, -0.1) is 0 Å². The molecule has 0 aliphatic rings. The van der Waals surface area contributed by atoms with Gasteiger partial charge in [-0.1, -0.05) is 27.5 Å². The highest BCUT2D eigenvalue weighted by Crippen LogP contribution is 2.31. The summed E-state index contributed by atoms with van der Waals surface area (Å²) in [5.74, 6) is -0.388. The molecule has 1 aromatic heterocycles. The molecule has 88 valence electrons. The molecule has 1 heterocycles. The summed E-state index contributed by atoms with van der Waals surface area (Å²) in [6.45, 7) is 0. The lowest BCUT2D eigenvalue weighted by Crippen LogP contribution is -1.99. The van der Waals surface area contributed by atoms with Crippen LogP contribution in [0.1, 0.15) is 0 Å². The summed E-state index contributed by atoms with van der Waals surface area (Å²) in [7, 11) is 0. The van der Waals surface area contributed by atoms with Gasteiger partial charge in [-0.25, -0.2) is 4.39 Å². The van der Waals surface area contributed by atoms with Gasteiger partial charge in [0.2, 0.25) is 0 Å². The second kappa shape index (κ2) is 4.89. The number of hydrogen-bond acceptors (Lipinski definition) is 3. The van der Waals surface area contributed by atoms with E-state index in [1.807, 2.05) is 0 Å². The minimum absolute atomic E-state index is 0.291. The highest BCUT2D eigenvalue weighted by molar-refractivity contribution is 9.10. The number of anilines is 3. The summed E-state index contributed by atoms with van der Waals surface area (Å²) >= 11 is 9.20. The molecule has 6 heteroatoms. The molecule has 0 spiro atoms. The normalized spacial score (nSPS) is 10.3. The summed E-state index contributed by atoms with van der Waals surface area (Å²) in [6, 6.07) is 4.56. The summed E-state index contributed by atoms with van der Waals surface area (Å²) in [5.41, 5.74) is 6.81. The van der Waals surface area contributed by atoms with Gasteiger partial charge >= 0.3 is 0 Å². The minimum atomic E-state index is -0.388. The predicted octanol–water partition coefficient (Wildman–Crippen LogP) is 3.96. The fourth-order valence-electron chi connectivity index (χ4n) is 1.31. The van der Waals surface area contributed by atoms with Crippen LogP contribution in [0.4, 0.5) is 21.5 Å². The molecule has 0 aliphatic heterocycles. The first-order valence-corrected chi connectivity index (χ1v) is 5.86. The molecule has 0 radical (unpaired) electrons. The van der Waals surface area contributed by atoms with Crippen molar-refractivity contribution in [3.63, 3.8) is 0 Å². The average molecular weight is 317 g/mol. The van der Waals surface area contributed by atoms with E-state index in [0.29, 0.717) is 22.1 Å². The zero-order valence-electron chi connectivity index (χ0n) is 8.55. The number of nitrogens with one attached hydrogen (secondary N) is 1. The van der Waals surface area contributed by atoms with Crippen molar-refractivity contribution >= 4 is 44.6 Å². The molecule has 0 aliphatic carbocycles. The van der Waals surface area contributed by atoms with Gasteiger partial charge in [0.1, 0.15) is 5.82 Å². The summed E-state index contributed by atoms with van der Waals surface area (Å²) in [6.07, 6.45) is 2.89. The fourth-order valence-corrected chi connectivity index (χ4v) is 1.88. The number of nitrogens with two attached hydrogens (primary N) is 1. The molecular weight excluding hydrogens is 308 g/mol. The van der Waals surface area contributed by atoms with E-state index in [4.69, 9.17) is 17.3 Å². The van der Waals surface area contributed by atoms with Gasteiger partial charge in [0.15, 0.2) is 0 Å². The van der Waals surface area contributed by atoms with Crippen molar-refractivity contribution in [1.29, 1.82) is 0 Å². The number of aromatic nitrogens is 1. The van der Waals surface area contributed by atoms with Gasteiger partial charge in [0.25, 0.3) is 0 Å². The van der Waals surface area contributed by atoms with Crippen LogP contribution in [0, 0.1) is 5.82 Å². The number of nitrogens with zero attached hydrogens (tertiary/aromatic N) is 1. The Hall–Kier alpha value is -1.33. The Morgan fingerprint density at radius 1 is 1.35 bits per heavy atom. The Balaban J connectivity index is 2.41. The van der Waals surface area contributed by atoms with E-state index >= 15 is 0 Å². The lowest BCUT2D eigenvalue weighted by molar-refractivity contribution is 0.631. The van der Waals surface area contributed by atoms with Crippen LogP contribution < -0.4 is 11.1 Å². The molecule has 0 amide bonds. The lowest BCUT2D eigenvalue weighted by Gasteiger charge is -2.11. The first-order valence-electron chi connectivity index (χ1n) is 4.69. The third-order valence-electron chi connectivity index (χ3n) is 2.12. The van der Waals surface area contributed by atoms with Crippen molar-refractivity contribution in [2.45, 2.75) is 0 Å². The molecule has 17 heavy (non-hydrogen) atoms. The van der Waals surface area contributed by atoms with Gasteiger partial charge in [-0.2, -0.15) is 0 Å². The fraction of sp³-hybridized carbons (Fsp3) is 0. The number of hydrogen-bond donors (Lipinski definition) is 2. The highest BCUT2D eigenvalue weighted by Gasteiger charge is 2.09. The van der Waals surface area contributed by atoms with E-state index in [1.165, 1.54) is 18.5 Å². The molecule has 0 atom stereocenters. The summed E-state index contributed by atoms with van der Waals surface area (Å²) in [5, 5.41) is 3.19. The molecule has 2 rings (SSSR count). The van der Waals surface area contributed by atoms with Crippen molar-refractivity contribution in [2.24, 2.45) is 0 Å². The van der Waals surface area contributed by atoms with Gasteiger partial charge in [0.05, 0.1) is 28.3 Å². The quantitative estimate of drug-likeness (QED) is 0.881. The number of halogens is 3. The van der Waals surface area contributed by atoms with Gasteiger partial charge in [-0.3, -0.25) is 4.98 Å². The zero-order valence-corrected chi connectivity index (χ0v) is 10.9. The standard InChI is InChI=1S/C11H8BrClFN3/c12-6-1-2-8(14)10(3-6)17-11-7(13)4-16-5-9(11)15/h1-5H,15H2,(H,16,17). The first kappa shape index (κ1) is 12.1. The van der Waals surface area contributed by atoms with E-state index < -0.39 is 0 Å². The molecule has 0 unspecified atom stereocenters. The Kier molecular flexibility index (Phi) is 3.49. The van der Waals surface area contributed by atoms with Crippen LogP contribution in [0.3, 0.4) is 0 Å². The number of nitrogen functional groups attached to an aromatic ring is 1. The molecule has 0 fully saturated rings. The topological polar surface area (TPSA) is 50.9 Å². The molecule has 0 bridgehead atoms. The Morgan fingerprint density at radius 3 is 2.82 bits per heavy atom.